The molecule has 3 rings (SSSR count). The molecule has 110 valence electrons. The van der Waals surface area contributed by atoms with Gasteiger partial charge in [0.15, 0.2) is 0 Å². The number of halogens is 1. The Bertz CT molecular complexity index is 474. The van der Waals surface area contributed by atoms with Gasteiger partial charge >= 0.3 is 0 Å². The zero-order valence-electron chi connectivity index (χ0n) is 11.3. The molecule has 2 heterocycles. The zero-order valence-corrected chi connectivity index (χ0v) is 13.7. The summed E-state index contributed by atoms with van der Waals surface area (Å²) >= 11 is 5.49. The van der Waals surface area contributed by atoms with Gasteiger partial charge in [-0.2, -0.15) is 11.8 Å². The molecule has 5 heteroatoms. The van der Waals surface area contributed by atoms with Gasteiger partial charge in [0.05, 0.1) is 23.3 Å². The molecular formula is C15H19BrO3S. The Morgan fingerprint density at radius 2 is 2.40 bits per heavy atom. The predicted octanol–water partition coefficient (Wildman–Crippen LogP) is 3.37. The van der Waals surface area contributed by atoms with Crippen LogP contribution in [0.1, 0.15) is 24.8 Å². The summed E-state index contributed by atoms with van der Waals surface area (Å²) in [6.45, 7) is 0.767. The maximum absolute atomic E-state index is 9.45. The molecule has 2 unspecified atom stereocenters. The van der Waals surface area contributed by atoms with Crippen molar-refractivity contribution in [3.8, 4) is 5.75 Å². The molecule has 3 nitrogen and oxygen atoms in total. The van der Waals surface area contributed by atoms with E-state index >= 15 is 0 Å². The molecule has 1 spiro atoms. The molecule has 0 radical (unpaired) electrons. The maximum atomic E-state index is 9.45. The lowest BCUT2D eigenvalue weighted by molar-refractivity contribution is -0.0962. The number of thioether (sulfide) groups is 1. The van der Waals surface area contributed by atoms with Crippen LogP contribution in [0, 0.1) is 0 Å². The Morgan fingerprint density at radius 1 is 1.50 bits per heavy atom. The molecule has 0 bridgehead atoms. The number of para-hydroxylation sites is 1. The quantitative estimate of drug-likeness (QED) is 0.898. The van der Waals surface area contributed by atoms with Gasteiger partial charge in [-0.25, -0.2) is 0 Å². The number of aliphatic hydroxyl groups excluding tert-OH is 1. The largest absolute Gasteiger partial charge is 0.489 e. The standard InChI is InChI=1S/C15H19BrO3S/c16-13-3-1-2-11(9-17)14(13)19-12-4-6-18-15(8-12)5-7-20-10-15/h1-3,12,17H,4-10H2. The van der Waals surface area contributed by atoms with Gasteiger partial charge in [0.1, 0.15) is 11.9 Å². The van der Waals surface area contributed by atoms with Crippen LogP contribution in [0.15, 0.2) is 22.7 Å². The van der Waals surface area contributed by atoms with E-state index in [0.29, 0.717) is 0 Å². The Morgan fingerprint density at radius 3 is 3.15 bits per heavy atom. The molecule has 0 amide bonds. The van der Waals surface area contributed by atoms with Crippen LogP contribution in [0.4, 0.5) is 0 Å². The van der Waals surface area contributed by atoms with E-state index in [1.54, 1.807) is 0 Å². The Hall–Kier alpha value is -0.230. The smallest absolute Gasteiger partial charge is 0.139 e. The zero-order chi connectivity index (χ0) is 14.0. The van der Waals surface area contributed by atoms with E-state index in [1.807, 2.05) is 30.0 Å². The molecule has 0 aliphatic carbocycles. The number of rotatable bonds is 3. The fourth-order valence-corrected chi connectivity index (χ4v) is 4.80. The second-order valence-corrected chi connectivity index (χ2v) is 7.41. The molecule has 2 fully saturated rings. The first-order chi connectivity index (χ1) is 9.72. The van der Waals surface area contributed by atoms with E-state index in [1.165, 1.54) is 5.75 Å². The molecule has 0 aromatic heterocycles. The summed E-state index contributed by atoms with van der Waals surface area (Å²) in [7, 11) is 0. The van der Waals surface area contributed by atoms with Gasteiger partial charge in [0.25, 0.3) is 0 Å². The normalized spacial score (nSPS) is 29.8. The van der Waals surface area contributed by atoms with Crippen molar-refractivity contribution >= 4 is 27.7 Å². The third-order valence-electron chi connectivity index (χ3n) is 4.02. The fourth-order valence-electron chi connectivity index (χ4n) is 2.92. The third-order valence-corrected chi connectivity index (χ3v) is 5.87. The summed E-state index contributed by atoms with van der Waals surface area (Å²) in [6, 6.07) is 5.77. The average Bonchev–Trinajstić information content (AvgIpc) is 2.89. The summed E-state index contributed by atoms with van der Waals surface area (Å²) in [5.74, 6) is 3.04. The molecule has 1 N–H and O–H groups in total. The topological polar surface area (TPSA) is 38.7 Å². The van der Waals surface area contributed by atoms with Crippen molar-refractivity contribution in [2.75, 3.05) is 18.1 Å². The number of hydrogen-bond acceptors (Lipinski definition) is 4. The predicted molar refractivity (Wildman–Crippen MR) is 84.3 cm³/mol. The van der Waals surface area contributed by atoms with E-state index in [4.69, 9.17) is 9.47 Å². The van der Waals surface area contributed by atoms with E-state index in [9.17, 15) is 5.11 Å². The summed E-state index contributed by atoms with van der Waals surface area (Å²) in [6.07, 6.45) is 3.16. The van der Waals surface area contributed by atoms with Crippen molar-refractivity contribution in [2.45, 2.75) is 37.6 Å². The minimum Gasteiger partial charge on any atom is -0.489 e. The Labute approximate surface area is 132 Å². The number of benzene rings is 1. The minimum atomic E-state index is -0.00100. The maximum Gasteiger partial charge on any atom is 0.139 e. The first-order valence-electron chi connectivity index (χ1n) is 6.99. The van der Waals surface area contributed by atoms with Crippen molar-refractivity contribution in [1.82, 2.24) is 0 Å². The van der Waals surface area contributed by atoms with Gasteiger partial charge < -0.3 is 14.6 Å². The van der Waals surface area contributed by atoms with Crippen LogP contribution in [0.2, 0.25) is 0 Å². The molecule has 20 heavy (non-hydrogen) atoms. The van der Waals surface area contributed by atoms with Gasteiger partial charge in [-0.05, 0) is 34.2 Å². The minimum absolute atomic E-state index is 0.00100. The van der Waals surface area contributed by atoms with Crippen LogP contribution < -0.4 is 4.74 Å². The lowest BCUT2D eigenvalue weighted by Crippen LogP contribution is -2.44. The highest BCUT2D eigenvalue weighted by molar-refractivity contribution is 9.10. The van der Waals surface area contributed by atoms with Crippen LogP contribution in [0.3, 0.4) is 0 Å². The highest BCUT2D eigenvalue weighted by Crippen LogP contribution is 2.40. The molecule has 2 saturated heterocycles. The van der Waals surface area contributed by atoms with E-state index in [2.05, 4.69) is 15.9 Å². The fraction of sp³-hybridized carbons (Fsp3) is 0.600. The van der Waals surface area contributed by atoms with Crippen molar-refractivity contribution < 1.29 is 14.6 Å². The monoisotopic (exact) mass is 358 g/mol. The summed E-state index contributed by atoms with van der Waals surface area (Å²) in [5.41, 5.74) is 0.856. The number of hydrogen-bond donors (Lipinski definition) is 1. The van der Waals surface area contributed by atoms with E-state index in [0.717, 1.165) is 47.4 Å². The first kappa shape index (κ1) is 14.7. The molecule has 1 aromatic carbocycles. The van der Waals surface area contributed by atoms with Gasteiger partial charge in [-0.1, -0.05) is 12.1 Å². The van der Waals surface area contributed by atoms with Crippen molar-refractivity contribution in [2.24, 2.45) is 0 Å². The molecular weight excluding hydrogens is 340 g/mol. The van der Waals surface area contributed by atoms with Crippen LogP contribution in [0.5, 0.6) is 5.75 Å². The number of ether oxygens (including phenoxy) is 2. The molecule has 1 aromatic rings. The second-order valence-electron chi connectivity index (χ2n) is 5.45. The Balaban J connectivity index is 1.74. The van der Waals surface area contributed by atoms with Gasteiger partial charge in [0, 0.05) is 24.2 Å². The van der Waals surface area contributed by atoms with Crippen LogP contribution in [-0.4, -0.2) is 34.9 Å². The van der Waals surface area contributed by atoms with E-state index < -0.39 is 0 Å². The van der Waals surface area contributed by atoms with Gasteiger partial charge in [-0.15, -0.1) is 0 Å². The molecule has 2 atom stereocenters. The molecule has 2 aliphatic rings. The highest BCUT2D eigenvalue weighted by atomic mass is 79.9. The summed E-state index contributed by atoms with van der Waals surface area (Å²) < 4.78 is 13.1. The second kappa shape index (κ2) is 6.26. The van der Waals surface area contributed by atoms with Crippen LogP contribution in [0.25, 0.3) is 0 Å². The average molecular weight is 359 g/mol. The lowest BCUT2D eigenvalue weighted by atomic mass is 9.91. The number of aliphatic hydroxyl groups is 1. The molecule has 0 saturated carbocycles. The third kappa shape index (κ3) is 3.01. The van der Waals surface area contributed by atoms with Crippen molar-refractivity contribution in [3.63, 3.8) is 0 Å². The summed E-state index contributed by atoms with van der Waals surface area (Å²) in [5, 5.41) is 9.45. The van der Waals surface area contributed by atoms with Crippen LogP contribution in [-0.2, 0) is 11.3 Å². The van der Waals surface area contributed by atoms with Crippen LogP contribution >= 0.6 is 27.7 Å². The van der Waals surface area contributed by atoms with Crippen molar-refractivity contribution in [3.05, 3.63) is 28.2 Å². The Kier molecular flexibility index (Phi) is 4.60. The SMILES string of the molecule is OCc1cccc(Br)c1OC1CCOC2(CCSC2)C1. The lowest BCUT2D eigenvalue weighted by Gasteiger charge is -2.38. The van der Waals surface area contributed by atoms with Gasteiger partial charge in [-0.3, -0.25) is 0 Å². The first-order valence-corrected chi connectivity index (χ1v) is 8.94. The van der Waals surface area contributed by atoms with Gasteiger partial charge in [0.2, 0.25) is 0 Å². The van der Waals surface area contributed by atoms with Crippen molar-refractivity contribution in [1.29, 1.82) is 0 Å². The van der Waals surface area contributed by atoms with E-state index in [-0.39, 0.29) is 18.3 Å². The molecule has 2 aliphatic heterocycles. The summed E-state index contributed by atoms with van der Waals surface area (Å²) in [4.78, 5) is 0. The highest BCUT2D eigenvalue weighted by Gasteiger charge is 2.41.